The first-order valence-electron chi connectivity index (χ1n) is 6.04. The molecule has 0 aliphatic heterocycles. The predicted octanol–water partition coefficient (Wildman–Crippen LogP) is 3.93. The third kappa shape index (κ3) is 8.15. The van der Waals surface area contributed by atoms with Gasteiger partial charge in [0.1, 0.15) is 0 Å². The predicted molar refractivity (Wildman–Crippen MR) is 73.7 cm³/mol. The highest BCUT2D eigenvalue weighted by atomic mass is 32.2. The van der Waals surface area contributed by atoms with E-state index in [1.807, 2.05) is 0 Å². The summed E-state index contributed by atoms with van der Waals surface area (Å²) in [6.45, 7) is 17.2. The zero-order valence-corrected chi connectivity index (χ0v) is 12.4. The van der Waals surface area contributed by atoms with Gasteiger partial charge in [-0.05, 0) is 18.4 Å². The van der Waals surface area contributed by atoms with Crippen LogP contribution in [-0.2, 0) is 0 Å². The SMILES string of the molecule is CCCNC(CSC(C)(C)C)C(C)(C)C. The van der Waals surface area contributed by atoms with Crippen LogP contribution >= 0.6 is 11.8 Å². The summed E-state index contributed by atoms with van der Waals surface area (Å²) in [7, 11) is 0. The topological polar surface area (TPSA) is 12.0 Å². The van der Waals surface area contributed by atoms with E-state index in [0.717, 1.165) is 6.54 Å². The highest BCUT2D eigenvalue weighted by Gasteiger charge is 2.25. The maximum Gasteiger partial charge on any atom is 0.0206 e. The Morgan fingerprint density at radius 1 is 1.07 bits per heavy atom. The Bertz CT molecular complexity index is 164. The molecule has 0 aromatic carbocycles. The minimum atomic E-state index is 0.355. The lowest BCUT2D eigenvalue weighted by atomic mass is 9.88. The molecule has 0 saturated carbocycles. The molecule has 0 aliphatic rings. The van der Waals surface area contributed by atoms with Gasteiger partial charge < -0.3 is 5.32 Å². The molecule has 15 heavy (non-hydrogen) atoms. The molecule has 1 atom stereocenters. The molecule has 0 fully saturated rings. The summed E-state index contributed by atoms with van der Waals surface area (Å²) in [6, 6.07) is 0.613. The lowest BCUT2D eigenvalue weighted by Gasteiger charge is -2.33. The molecule has 0 bridgehead atoms. The first-order valence-corrected chi connectivity index (χ1v) is 7.02. The second-order valence-corrected chi connectivity index (χ2v) is 8.14. The largest absolute Gasteiger partial charge is 0.313 e. The zero-order valence-electron chi connectivity index (χ0n) is 11.6. The first-order chi connectivity index (χ1) is 6.67. The van der Waals surface area contributed by atoms with Gasteiger partial charge in [-0.3, -0.25) is 0 Å². The number of hydrogen-bond donors (Lipinski definition) is 1. The van der Waals surface area contributed by atoms with Gasteiger partial charge in [-0.1, -0.05) is 48.5 Å². The van der Waals surface area contributed by atoms with E-state index in [4.69, 9.17) is 0 Å². The summed E-state index contributed by atoms with van der Waals surface area (Å²) in [5, 5.41) is 3.66. The van der Waals surface area contributed by atoms with E-state index in [0.29, 0.717) is 16.2 Å². The van der Waals surface area contributed by atoms with Crippen molar-refractivity contribution in [3.63, 3.8) is 0 Å². The fraction of sp³-hybridized carbons (Fsp3) is 1.00. The van der Waals surface area contributed by atoms with Gasteiger partial charge >= 0.3 is 0 Å². The smallest absolute Gasteiger partial charge is 0.0206 e. The number of hydrogen-bond acceptors (Lipinski definition) is 2. The standard InChI is InChI=1S/C13H29NS/c1-8-9-14-11(12(2,3)4)10-15-13(5,6)7/h11,14H,8-10H2,1-7H3. The molecular formula is C13H29NS. The summed E-state index contributed by atoms with van der Waals surface area (Å²) in [5.74, 6) is 1.20. The first kappa shape index (κ1) is 15.3. The second kappa shape index (κ2) is 6.15. The van der Waals surface area contributed by atoms with Crippen LogP contribution in [0.4, 0.5) is 0 Å². The number of rotatable bonds is 5. The van der Waals surface area contributed by atoms with Crippen LogP contribution in [0.25, 0.3) is 0 Å². The van der Waals surface area contributed by atoms with E-state index in [-0.39, 0.29) is 0 Å². The van der Waals surface area contributed by atoms with Gasteiger partial charge in [0.15, 0.2) is 0 Å². The van der Waals surface area contributed by atoms with E-state index in [1.165, 1.54) is 12.2 Å². The van der Waals surface area contributed by atoms with Crippen molar-refractivity contribution < 1.29 is 0 Å². The number of nitrogens with one attached hydrogen (secondary N) is 1. The molecule has 0 radical (unpaired) electrons. The van der Waals surface area contributed by atoms with Crippen LogP contribution in [0, 0.1) is 5.41 Å². The average molecular weight is 231 g/mol. The monoisotopic (exact) mass is 231 g/mol. The summed E-state index contributed by atoms with van der Waals surface area (Å²) < 4.78 is 0.372. The highest BCUT2D eigenvalue weighted by Crippen LogP contribution is 2.29. The van der Waals surface area contributed by atoms with Crippen LogP contribution in [0.2, 0.25) is 0 Å². The summed E-state index contributed by atoms with van der Waals surface area (Å²) in [6.07, 6.45) is 1.22. The molecule has 0 saturated heterocycles. The Hall–Kier alpha value is 0.310. The van der Waals surface area contributed by atoms with Gasteiger partial charge in [0.2, 0.25) is 0 Å². The molecule has 0 aliphatic carbocycles. The van der Waals surface area contributed by atoms with Gasteiger partial charge in [-0.2, -0.15) is 11.8 Å². The fourth-order valence-electron chi connectivity index (χ4n) is 1.27. The van der Waals surface area contributed by atoms with Crippen molar-refractivity contribution in [2.75, 3.05) is 12.3 Å². The van der Waals surface area contributed by atoms with Crippen molar-refractivity contribution in [1.82, 2.24) is 5.32 Å². The van der Waals surface area contributed by atoms with Crippen molar-refractivity contribution >= 4 is 11.8 Å². The maximum absolute atomic E-state index is 3.66. The van der Waals surface area contributed by atoms with Crippen molar-refractivity contribution in [3.05, 3.63) is 0 Å². The summed E-state index contributed by atoms with van der Waals surface area (Å²) >= 11 is 2.06. The molecule has 0 rings (SSSR count). The molecular weight excluding hydrogens is 202 g/mol. The van der Waals surface area contributed by atoms with Gasteiger partial charge in [-0.15, -0.1) is 0 Å². The minimum Gasteiger partial charge on any atom is -0.313 e. The lowest BCUT2D eigenvalue weighted by molar-refractivity contribution is 0.291. The fourth-order valence-corrected chi connectivity index (χ4v) is 2.55. The van der Waals surface area contributed by atoms with Crippen LogP contribution in [0.15, 0.2) is 0 Å². The van der Waals surface area contributed by atoms with Crippen LogP contribution in [0.1, 0.15) is 54.9 Å². The molecule has 1 N–H and O–H groups in total. The third-order valence-electron chi connectivity index (χ3n) is 2.37. The van der Waals surface area contributed by atoms with Gasteiger partial charge in [-0.25, -0.2) is 0 Å². The summed E-state index contributed by atoms with van der Waals surface area (Å²) in [5.41, 5.74) is 0.355. The summed E-state index contributed by atoms with van der Waals surface area (Å²) in [4.78, 5) is 0. The lowest BCUT2D eigenvalue weighted by Crippen LogP contribution is -2.43. The molecule has 0 spiro atoms. The van der Waals surface area contributed by atoms with Gasteiger partial charge in [0.25, 0.3) is 0 Å². The van der Waals surface area contributed by atoms with Crippen molar-refractivity contribution in [2.24, 2.45) is 5.41 Å². The maximum atomic E-state index is 3.66. The van der Waals surface area contributed by atoms with Crippen LogP contribution in [0.5, 0.6) is 0 Å². The zero-order chi connectivity index (χ0) is 12.1. The van der Waals surface area contributed by atoms with Crippen LogP contribution in [0.3, 0.4) is 0 Å². The number of thioether (sulfide) groups is 1. The van der Waals surface area contributed by atoms with Gasteiger partial charge in [0.05, 0.1) is 0 Å². The highest BCUT2D eigenvalue weighted by molar-refractivity contribution is 8.00. The Morgan fingerprint density at radius 3 is 1.93 bits per heavy atom. The molecule has 2 heteroatoms. The Balaban J connectivity index is 4.14. The molecule has 92 valence electrons. The van der Waals surface area contributed by atoms with Crippen LogP contribution in [-0.4, -0.2) is 23.1 Å². The van der Waals surface area contributed by atoms with E-state index in [9.17, 15) is 0 Å². The van der Waals surface area contributed by atoms with E-state index in [1.54, 1.807) is 0 Å². The van der Waals surface area contributed by atoms with E-state index < -0.39 is 0 Å². The Kier molecular flexibility index (Phi) is 6.27. The van der Waals surface area contributed by atoms with Crippen molar-refractivity contribution in [1.29, 1.82) is 0 Å². The minimum absolute atomic E-state index is 0.355. The normalized spacial score (nSPS) is 15.4. The molecule has 0 amide bonds. The Labute approximate surface area is 101 Å². The molecule has 0 aromatic heterocycles. The van der Waals surface area contributed by atoms with Gasteiger partial charge in [0, 0.05) is 16.5 Å². The van der Waals surface area contributed by atoms with Crippen LogP contribution < -0.4 is 5.32 Å². The molecule has 0 aromatic rings. The van der Waals surface area contributed by atoms with Crippen molar-refractivity contribution in [2.45, 2.75) is 65.7 Å². The molecule has 1 unspecified atom stereocenters. The second-order valence-electron chi connectivity index (χ2n) is 6.30. The van der Waals surface area contributed by atoms with E-state index >= 15 is 0 Å². The Morgan fingerprint density at radius 2 is 1.60 bits per heavy atom. The van der Waals surface area contributed by atoms with E-state index in [2.05, 4.69) is 65.5 Å². The quantitative estimate of drug-likeness (QED) is 0.769. The molecule has 1 nitrogen and oxygen atoms in total. The molecule has 0 heterocycles. The third-order valence-corrected chi connectivity index (χ3v) is 3.74. The van der Waals surface area contributed by atoms with Crippen molar-refractivity contribution in [3.8, 4) is 0 Å². The average Bonchev–Trinajstić information content (AvgIpc) is 1.99.